The molecule has 0 fully saturated rings. The molecule has 3 heteroatoms. The number of hydrogen-bond acceptors (Lipinski definition) is 2. The fourth-order valence-corrected chi connectivity index (χ4v) is 1.06. The third-order valence-electron chi connectivity index (χ3n) is 1.60. The summed E-state index contributed by atoms with van der Waals surface area (Å²) in [7, 11) is 0. The Hall–Kier alpha value is -0.570. The standard InChI is InChI=1S/C9H13FOS/c1-4-5-8(6(2)10)9(11)7(3)12/h4,6,8,12H,1,3,5H2,2H3. The quantitative estimate of drug-likeness (QED) is 0.398. The summed E-state index contributed by atoms with van der Waals surface area (Å²) in [4.78, 5) is 11.3. The fourth-order valence-electron chi connectivity index (χ4n) is 0.897. The highest BCUT2D eigenvalue weighted by Crippen LogP contribution is 2.18. The number of allylic oxidation sites excluding steroid dienone is 2. The van der Waals surface area contributed by atoms with Crippen molar-refractivity contribution in [3.05, 3.63) is 24.1 Å². The number of thiol groups is 1. The molecule has 12 heavy (non-hydrogen) atoms. The molecule has 1 nitrogen and oxygen atoms in total. The maximum absolute atomic E-state index is 12.8. The fraction of sp³-hybridized carbons (Fsp3) is 0.444. The molecule has 0 saturated heterocycles. The lowest BCUT2D eigenvalue weighted by Gasteiger charge is -2.14. The second-order valence-electron chi connectivity index (χ2n) is 2.62. The monoisotopic (exact) mass is 188 g/mol. The molecule has 0 aromatic heterocycles. The van der Waals surface area contributed by atoms with Crippen LogP contribution in [0.4, 0.5) is 4.39 Å². The van der Waals surface area contributed by atoms with Gasteiger partial charge in [-0.25, -0.2) is 4.39 Å². The van der Waals surface area contributed by atoms with Crippen LogP contribution in [0.15, 0.2) is 24.1 Å². The molecule has 0 spiro atoms. The Morgan fingerprint density at radius 3 is 2.50 bits per heavy atom. The molecular weight excluding hydrogens is 175 g/mol. The molecule has 0 aliphatic heterocycles. The van der Waals surface area contributed by atoms with Crippen molar-refractivity contribution in [2.24, 2.45) is 5.92 Å². The smallest absolute Gasteiger partial charge is 0.174 e. The average molecular weight is 188 g/mol. The molecule has 0 N–H and O–H groups in total. The summed E-state index contributed by atoms with van der Waals surface area (Å²) in [5, 5.41) is 0. The molecule has 2 unspecified atom stereocenters. The van der Waals surface area contributed by atoms with Crippen molar-refractivity contribution in [1.29, 1.82) is 0 Å². The van der Waals surface area contributed by atoms with Gasteiger partial charge < -0.3 is 0 Å². The minimum Gasteiger partial charge on any atom is -0.293 e. The van der Waals surface area contributed by atoms with Gasteiger partial charge in [0.15, 0.2) is 5.78 Å². The Bertz CT molecular complexity index is 199. The van der Waals surface area contributed by atoms with Crippen molar-refractivity contribution >= 4 is 18.4 Å². The molecule has 0 heterocycles. The van der Waals surface area contributed by atoms with Gasteiger partial charge >= 0.3 is 0 Å². The second-order valence-corrected chi connectivity index (χ2v) is 3.16. The van der Waals surface area contributed by atoms with E-state index in [0.717, 1.165) is 0 Å². The van der Waals surface area contributed by atoms with E-state index in [1.807, 2.05) is 0 Å². The van der Waals surface area contributed by atoms with Crippen LogP contribution in [0.3, 0.4) is 0 Å². The zero-order chi connectivity index (χ0) is 9.72. The van der Waals surface area contributed by atoms with E-state index in [9.17, 15) is 9.18 Å². The highest BCUT2D eigenvalue weighted by molar-refractivity contribution is 7.85. The third-order valence-corrected chi connectivity index (χ3v) is 1.82. The van der Waals surface area contributed by atoms with Gasteiger partial charge in [0.2, 0.25) is 0 Å². The van der Waals surface area contributed by atoms with E-state index in [4.69, 9.17) is 0 Å². The number of Topliss-reactive ketones (excluding diaryl/α,β-unsaturated/α-hetero) is 1. The number of carbonyl (C=O) groups is 1. The van der Waals surface area contributed by atoms with Crippen molar-refractivity contribution in [3.63, 3.8) is 0 Å². The van der Waals surface area contributed by atoms with Crippen LogP contribution in [0, 0.1) is 5.92 Å². The van der Waals surface area contributed by atoms with E-state index in [2.05, 4.69) is 25.8 Å². The van der Waals surface area contributed by atoms with Crippen molar-refractivity contribution < 1.29 is 9.18 Å². The predicted molar refractivity (Wildman–Crippen MR) is 52.0 cm³/mol. The number of halogens is 1. The maximum atomic E-state index is 12.8. The average Bonchev–Trinajstić information content (AvgIpc) is 1.98. The lowest BCUT2D eigenvalue weighted by Crippen LogP contribution is -2.22. The van der Waals surface area contributed by atoms with Gasteiger partial charge in [-0.3, -0.25) is 4.79 Å². The van der Waals surface area contributed by atoms with Gasteiger partial charge in [-0.1, -0.05) is 12.7 Å². The summed E-state index contributed by atoms with van der Waals surface area (Å²) in [6.07, 6.45) is 0.672. The molecule has 0 aliphatic rings. The van der Waals surface area contributed by atoms with Gasteiger partial charge in [-0.2, -0.15) is 0 Å². The summed E-state index contributed by atoms with van der Waals surface area (Å²) in [6, 6.07) is 0. The van der Waals surface area contributed by atoms with Crippen molar-refractivity contribution in [2.45, 2.75) is 19.5 Å². The van der Waals surface area contributed by atoms with E-state index < -0.39 is 12.1 Å². The second kappa shape index (κ2) is 5.14. The Balaban J connectivity index is 4.39. The van der Waals surface area contributed by atoms with E-state index in [0.29, 0.717) is 6.42 Å². The van der Waals surface area contributed by atoms with Crippen LogP contribution in [0.1, 0.15) is 13.3 Å². The number of hydrogen-bond donors (Lipinski definition) is 1. The van der Waals surface area contributed by atoms with Crippen LogP contribution in [-0.2, 0) is 4.79 Å². The first-order chi connectivity index (χ1) is 5.50. The van der Waals surface area contributed by atoms with Crippen LogP contribution in [0.2, 0.25) is 0 Å². The highest BCUT2D eigenvalue weighted by atomic mass is 32.1. The minimum absolute atomic E-state index is 0.103. The van der Waals surface area contributed by atoms with Crippen LogP contribution in [0.5, 0.6) is 0 Å². The van der Waals surface area contributed by atoms with E-state index in [-0.39, 0.29) is 10.7 Å². The molecule has 0 aromatic rings. The molecule has 2 atom stereocenters. The van der Waals surface area contributed by atoms with Gasteiger partial charge in [-0.15, -0.1) is 19.2 Å². The zero-order valence-electron chi connectivity index (χ0n) is 7.09. The van der Waals surface area contributed by atoms with Gasteiger partial charge in [0, 0.05) is 4.91 Å². The first kappa shape index (κ1) is 11.4. The molecule has 0 rings (SSSR count). The normalized spacial score (nSPS) is 14.9. The molecule has 0 radical (unpaired) electrons. The van der Waals surface area contributed by atoms with E-state index in [1.54, 1.807) is 0 Å². The molecule has 0 aliphatic carbocycles. The van der Waals surface area contributed by atoms with Gasteiger partial charge in [0.25, 0.3) is 0 Å². The first-order valence-corrected chi connectivity index (χ1v) is 4.12. The van der Waals surface area contributed by atoms with E-state index in [1.165, 1.54) is 13.0 Å². The summed E-state index contributed by atoms with van der Waals surface area (Å²) < 4.78 is 12.8. The maximum Gasteiger partial charge on any atom is 0.174 e. The topological polar surface area (TPSA) is 17.1 Å². The molecule has 0 saturated carbocycles. The lowest BCUT2D eigenvalue weighted by atomic mass is 9.95. The molecule has 0 bridgehead atoms. The Morgan fingerprint density at radius 2 is 2.25 bits per heavy atom. The summed E-state index contributed by atoms with van der Waals surface area (Å²) in [6.45, 7) is 8.16. The number of carbonyl (C=O) groups excluding carboxylic acids is 1. The van der Waals surface area contributed by atoms with E-state index >= 15 is 0 Å². The lowest BCUT2D eigenvalue weighted by molar-refractivity contribution is -0.120. The van der Waals surface area contributed by atoms with Gasteiger partial charge in [0.1, 0.15) is 6.17 Å². The largest absolute Gasteiger partial charge is 0.293 e. The van der Waals surface area contributed by atoms with Crippen LogP contribution in [-0.4, -0.2) is 12.0 Å². The number of ketones is 1. The SMILES string of the molecule is C=CCC(C(=O)C(=C)S)C(C)F. The minimum atomic E-state index is -1.18. The summed E-state index contributed by atoms with van der Waals surface area (Å²) in [5.74, 6) is -1.01. The molecule has 0 aromatic carbocycles. The predicted octanol–water partition coefficient (Wildman–Crippen LogP) is 2.55. The Morgan fingerprint density at radius 1 is 1.75 bits per heavy atom. The molecule has 68 valence electrons. The van der Waals surface area contributed by atoms with Crippen LogP contribution in [0.25, 0.3) is 0 Å². The van der Waals surface area contributed by atoms with Crippen molar-refractivity contribution in [1.82, 2.24) is 0 Å². The van der Waals surface area contributed by atoms with Crippen LogP contribution >= 0.6 is 12.6 Å². The van der Waals surface area contributed by atoms with Crippen LogP contribution < -0.4 is 0 Å². The summed E-state index contributed by atoms with van der Waals surface area (Å²) in [5.41, 5.74) is 0. The Kier molecular flexibility index (Phi) is 4.90. The van der Waals surface area contributed by atoms with Gasteiger partial charge in [-0.05, 0) is 13.3 Å². The first-order valence-electron chi connectivity index (χ1n) is 3.67. The van der Waals surface area contributed by atoms with Gasteiger partial charge in [0.05, 0.1) is 5.92 Å². The Labute approximate surface area is 77.8 Å². The van der Waals surface area contributed by atoms with Crippen molar-refractivity contribution in [3.8, 4) is 0 Å². The summed E-state index contributed by atoms with van der Waals surface area (Å²) >= 11 is 3.77. The zero-order valence-corrected chi connectivity index (χ0v) is 7.98. The number of rotatable bonds is 5. The van der Waals surface area contributed by atoms with Crippen molar-refractivity contribution in [2.75, 3.05) is 0 Å². The number of alkyl halides is 1. The highest BCUT2D eigenvalue weighted by Gasteiger charge is 2.23. The molecular formula is C9H13FOS. The third kappa shape index (κ3) is 3.22. The molecule has 0 amide bonds.